The quantitative estimate of drug-likeness (QED) is 0.00971. The average molecular weight is 1910 g/mol. The Bertz CT molecular complexity index is 4810. The van der Waals surface area contributed by atoms with Gasteiger partial charge < -0.3 is 112 Å². The first-order valence-electron chi connectivity index (χ1n) is 43.9. The van der Waals surface area contributed by atoms with E-state index >= 15 is 0 Å². The van der Waals surface area contributed by atoms with Crippen LogP contribution in [0, 0.1) is 41.4 Å². The molecular formula is C81H120B8F4N17O20S2Si. The van der Waals surface area contributed by atoms with Crippen molar-refractivity contribution in [2.45, 2.75) is 132 Å². The number of carbonyl (C=O) groups is 8. The molecule has 37 nitrogen and oxygen atoms in total. The number of hydrogen-bond acceptors (Lipinski definition) is 32. The van der Waals surface area contributed by atoms with Crippen molar-refractivity contribution in [3.63, 3.8) is 0 Å². The number of nitrogens with one attached hydrogen (secondary N) is 2. The molecule has 0 bridgehead atoms. The molecule has 0 saturated carbocycles. The Hall–Kier alpha value is -8.16. The highest BCUT2D eigenvalue weighted by Gasteiger charge is 2.42. The molecule has 52 heteroatoms. The van der Waals surface area contributed by atoms with Crippen LogP contribution in [0.5, 0.6) is 0 Å². The second-order valence-corrected chi connectivity index (χ2v) is 43.3. The zero-order valence-corrected chi connectivity index (χ0v) is 78.4. The number of rotatable bonds is 36. The number of alkyl halides is 4. The normalized spacial score (nSPS) is 21.6. The molecule has 8 fully saturated rings. The number of aliphatic hydroxyl groups is 3. The summed E-state index contributed by atoms with van der Waals surface area (Å²) in [4.78, 5) is 114. The molecule has 7 aromatic rings. The van der Waals surface area contributed by atoms with Gasteiger partial charge in [-0.25, -0.2) is 45.9 Å². The molecule has 5 unspecified atom stereocenters. The minimum atomic E-state index is -4.22. The Morgan fingerprint density at radius 2 is 1.21 bits per heavy atom. The fourth-order valence-corrected chi connectivity index (χ4v) is 18.5. The molecule has 15 rings (SSSR count). The van der Waals surface area contributed by atoms with Crippen LogP contribution in [0.25, 0.3) is 44.6 Å². The van der Waals surface area contributed by atoms with Crippen molar-refractivity contribution >= 4 is 159 Å². The van der Waals surface area contributed by atoms with E-state index in [0.717, 1.165) is 148 Å². The van der Waals surface area contributed by atoms with Crippen molar-refractivity contribution in [1.82, 2.24) is 83.1 Å². The lowest BCUT2D eigenvalue weighted by molar-refractivity contribution is -0.141. The number of aromatic nitrogens is 10. The maximum absolute atomic E-state index is 14.3. The Morgan fingerprint density at radius 3 is 1.73 bits per heavy atom. The summed E-state index contributed by atoms with van der Waals surface area (Å²) in [5.74, 6) is -1.17. The van der Waals surface area contributed by atoms with E-state index in [1.54, 1.807) is 55.5 Å². The molecule has 0 spiro atoms. The van der Waals surface area contributed by atoms with Crippen molar-refractivity contribution < 1.29 is 112 Å². The van der Waals surface area contributed by atoms with Gasteiger partial charge in [-0.15, -0.1) is 0 Å². The fourth-order valence-electron chi connectivity index (χ4n) is 15.7. The number of carboxylic acid groups (broad SMARTS) is 1. The number of aliphatic carboxylic acids is 1. The number of H-pyrrole nitrogens is 2. The Morgan fingerprint density at radius 1 is 0.654 bits per heavy atom. The number of ether oxygens (including phenoxy) is 2. The van der Waals surface area contributed by atoms with Gasteiger partial charge in [-0.3, -0.25) is 18.8 Å². The standard InChI is InChI=1S/C16H20BFN6O.C15H21N5OSi.C13H16BFNO4S.C8H14BFNO4S.C7H12BFNO2.C6H9BNO3.C6H11BNO2.C6H9BNO2.C4H8O.B/c1-17(25)23-5-3-11(8-23)14(6-18)24-9-12(7-22-24)15-13-2-4-19-16(13)21-10-20-15;1-22(2,3)7-6-21-11-20-5-4-13-14(12-8-18-19-9-12)16-10-17-15(13)20;15-13(21(19,20)11-4-2-1-3-5-11)12(18)10-6-7-16(8-10)14-9-17;1-16(13,14)15-8(4-10)7-2-3-11(5-7)9-6-12;9-3-7(12)6-1-2-10(4-6)8-5-11;9-4-7-8-2-1-5(3-8)6(10)11;2*9-4-6-1-2-8(3-6)7-5-10;1-2-4-5-3-1;/h2,4,7,9-11,14,25H,3,5-6,8H2,1H3,(H,19,20,21);4-5,8-10H,6-7,11H2,1-3H3,(H,18,19);1-5,9-10,12-13,18H,6-8H2;6-8H,2-5H2,1H3;5-7,12H,1-4H2;4-5H,1-3H2,(H,10,11);5-6,9H,1-4H2;4-6H,1-3H2;1-4H2;/t11-,14?;;10-,12?,13?;7-,8?;6-,7?;5-;2*6-;;/m0.000000../s1. The zero-order chi connectivity index (χ0) is 96.2. The molecule has 8 aliphatic heterocycles. The van der Waals surface area contributed by atoms with Gasteiger partial charge in [0.1, 0.15) is 69.2 Å². The number of carbonyl (C=O) groups excluding carboxylic acids is 7. The Balaban J connectivity index is 0.000000237. The van der Waals surface area contributed by atoms with Crippen LogP contribution in [0.1, 0.15) is 63.8 Å². The molecule has 7 N–H and O–H groups in total. The van der Waals surface area contributed by atoms with E-state index in [1.807, 2.05) is 55.9 Å². The molecule has 8 saturated heterocycles. The summed E-state index contributed by atoms with van der Waals surface area (Å²) in [7, 11) is -0.872. The fraction of sp³-hybridized carbons (Fsp3) is 0.605. The minimum Gasteiger partial charge on any atom is -0.481 e. The van der Waals surface area contributed by atoms with Gasteiger partial charge in [0.15, 0.2) is 0 Å². The number of carboxylic acids is 1. The third-order valence-electron chi connectivity index (χ3n) is 23.2. The van der Waals surface area contributed by atoms with Crippen LogP contribution in [0.2, 0.25) is 32.5 Å². The number of halogens is 4. The monoisotopic (exact) mass is 1910 g/mol. The van der Waals surface area contributed by atoms with Crippen molar-refractivity contribution in [3.8, 4) is 22.5 Å². The lowest BCUT2D eigenvalue weighted by atomic mass is 9.85. The molecule has 0 amide bonds. The van der Waals surface area contributed by atoms with Gasteiger partial charge in [0.25, 0.3) is 54.6 Å². The van der Waals surface area contributed by atoms with Crippen molar-refractivity contribution in [2.75, 3.05) is 144 Å². The van der Waals surface area contributed by atoms with Crippen LogP contribution in [-0.4, -0.2) is 411 Å². The number of aldehydes is 1. The summed E-state index contributed by atoms with van der Waals surface area (Å²) in [5, 5.41) is 59.3. The number of fused-ring (bicyclic) bond motifs is 2. The molecule has 0 aliphatic carbocycles. The van der Waals surface area contributed by atoms with Crippen LogP contribution in [0.15, 0.2) is 97.2 Å². The smallest absolute Gasteiger partial charge is 0.376 e. The van der Waals surface area contributed by atoms with Gasteiger partial charge in [-0.1, -0.05) is 37.8 Å². The lowest BCUT2D eigenvalue weighted by Gasteiger charge is -2.22. The molecular weight excluding hydrogens is 1790 g/mol. The third kappa shape index (κ3) is 38.0. The summed E-state index contributed by atoms with van der Waals surface area (Å²) < 4.78 is 118. The first-order valence-corrected chi connectivity index (χ1v) is 51.0. The van der Waals surface area contributed by atoms with Gasteiger partial charge in [0.05, 0.1) is 90.1 Å². The number of benzene rings is 1. The van der Waals surface area contributed by atoms with E-state index in [-0.39, 0.29) is 62.1 Å². The van der Waals surface area contributed by atoms with Crippen LogP contribution < -0.4 is 0 Å². The summed E-state index contributed by atoms with van der Waals surface area (Å²) in [6.07, 6.45) is 24.5. The first kappa shape index (κ1) is 114. The third-order valence-corrected chi connectivity index (χ3v) is 27.3. The van der Waals surface area contributed by atoms with E-state index < -0.39 is 90.8 Å². The summed E-state index contributed by atoms with van der Waals surface area (Å²) in [6.45, 7) is 19.4. The number of sulfone groups is 1. The van der Waals surface area contributed by atoms with E-state index in [0.29, 0.717) is 109 Å². The highest BCUT2D eigenvalue weighted by Crippen LogP contribution is 2.34. The molecule has 9 radical (unpaired) electrons. The summed E-state index contributed by atoms with van der Waals surface area (Å²) in [5.41, 5.74) is 2.76. The van der Waals surface area contributed by atoms with Crippen LogP contribution in [0.3, 0.4) is 0 Å². The lowest BCUT2D eigenvalue weighted by Crippen LogP contribution is -2.38. The van der Waals surface area contributed by atoms with Gasteiger partial charge in [-0.05, 0) is 192 Å². The van der Waals surface area contributed by atoms with Gasteiger partial charge >= 0.3 is 13.0 Å². The number of nitrogens with zero attached hydrogens (tertiary/aromatic N) is 15. The van der Waals surface area contributed by atoms with Gasteiger partial charge in [-0.2, -0.15) is 18.6 Å². The average Bonchev–Trinajstić information content (AvgIpc) is 1.72. The van der Waals surface area contributed by atoms with Crippen LogP contribution in [-0.2, 0) is 78.7 Å². The maximum atomic E-state index is 14.3. The second kappa shape index (κ2) is 59.8. The highest BCUT2D eigenvalue weighted by atomic mass is 32.2. The topological polar surface area (TPSA) is 475 Å². The number of hydrogen-bond donors (Lipinski definition) is 7. The van der Waals surface area contributed by atoms with Crippen molar-refractivity contribution in [1.29, 1.82) is 0 Å². The SMILES string of the molecule is C1CCOC1.CB(O)N1CC[C@H](C(CF)n2cc(-c3ncnc4[nH]ccc34)cn2)C1.CS(=O)(=O)OC(CF)[C@H]1CCN([B]C=O)C1.C[Si](C)(C)CCOCn1ccc2c(-c3cn[nH]c3)ncnc21.O=C[B]N1CC[C@H](C(=O)O)C1.O=C[B]N1CC[C@H](C(O)C(F)S(=O)(=O)c2ccccc2)C1.O=C[B]N1CC[C@H](C(O)CF)C1.O=C[B]N1CC[C@H](C=O)C1.O=C[B]N1CC[C@H](CO)C1.[B]. The number of aliphatic hydroxyl groups excluding tert-OH is 3. The van der Waals surface area contributed by atoms with Gasteiger partial charge in [0.2, 0.25) is 15.3 Å². The van der Waals surface area contributed by atoms with E-state index in [9.17, 15) is 82.9 Å². The molecule has 12 atom stereocenters. The summed E-state index contributed by atoms with van der Waals surface area (Å²) in [6, 6.07) is 12.0. The van der Waals surface area contributed by atoms with Crippen LogP contribution >= 0.6 is 0 Å². The first-order chi connectivity index (χ1) is 63.4. The molecule has 133 heavy (non-hydrogen) atoms. The summed E-state index contributed by atoms with van der Waals surface area (Å²) >= 11 is 0. The maximum Gasteiger partial charge on any atom is 0.376 e. The Kier molecular flexibility index (Phi) is 51.0. The van der Waals surface area contributed by atoms with E-state index in [2.05, 4.69) is 64.0 Å². The molecule has 8 aliphatic rings. The molecule has 1 aromatic carbocycles. The minimum absolute atomic E-state index is 0. The largest absolute Gasteiger partial charge is 0.481 e. The zero-order valence-electron chi connectivity index (χ0n) is 75.8. The van der Waals surface area contributed by atoms with E-state index in [1.165, 1.54) is 94.0 Å². The second-order valence-electron chi connectivity index (χ2n) is 34.1. The van der Waals surface area contributed by atoms with Gasteiger partial charge in [0, 0.05) is 120 Å². The predicted molar refractivity (Wildman–Crippen MR) is 505 cm³/mol. The van der Waals surface area contributed by atoms with Crippen molar-refractivity contribution in [2.24, 2.45) is 41.4 Å². The predicted octanol–water partition coefficient (Wildman–Crippen LogP) is 2.07. The van der Waals surface area contributed by atoms with Crippen molar-refractivity contribution in [3.05, 3.63) is 92.3 Å². The molecule has 717 valence electrons. The highest BCUT2D eigenvalue weighted by molar-refractivity contribution is 7.92. The number of aromatic amines is 2. The molecule has 14 heterocycles. The molecule has 6 aromatic heterocycles. The Labute approximate surface area is 782 Å². The van der Waals surface area contributed by atoms with E-state index in [4.69, 9.17) is 24.8 Å². The van der Waals surface area contributed by atoms with Crippen LogP contribution in [0.4, 0.5) is 17.6 Å².